The molecule has 0 unspecified atom stereocenters. The molecule has 8 aromatic carbocycles. The quantitative estimate of drug-likeness (QED) is 0.189. The summed E-state index contributed by atoms with van der Waals surface area (Å²) >= 11 is 1.88. The molecule has 0 saturated heterocycles. The molecule has 0 fully saturated rings. The fourth-order valence-electron chi connectivity index (χ4n) is 6.95. The van der Waals surface area contributed by atoms with Crippen molar-refractivity contribution in [3.8, 4) is 22.3 Å². The number of hydrogen-bond acceptors (Lipinski definition) is 2. The summed E-state index contributed by atoms with van der Waals surface area (Å²) in [5.74, 6) is 0. The molecular weight excluding hydrogens is 575 g/mol. The van der Waals surface area contributed by atoms with E-state index in [4.69, 9.17) is 0 Å². The van der Waals surface area contributed by atoms with Crippen molar-refractivity contribution in [3.63, 3.8) is 0 Å². The van der Waals surface area contributed by atoms with Gasteiger partial charge in [-0.2, -0.15) is 0 Å². The minimum atomic E-state index is 1.12. The SMILES string of the molecule is c1cc(-c2cccc3c2sc2ccccc23)cc(N(c2ccccc2-c2cccc3ccccc23)c2cccc3ccccc23)c1. The maximum Gasteiger partial charge on any atom is 0.0540 e. The first-order chi connectivity index (χ1) is 22.8. The van der Waals surface area contributed by atoms with Crippen molar-refractivity contribution in [1.82, 2.24) is 0 Å². The smallest absolute Gasteiger partial charge is 0.0540 e. The minimum absolute atomic E-state index is 1.12. The van der Waals surface area contributed by atoms with Gasteiger partial charge in [-0.05, 0) is 63.2 Å². The number of anilines is 3. The Balaban J connectivity index is 1.30. The lowest BCUT2D eigenvalue weighted by Gasteiger charge is -2.29. The maximum atomic E-state index is 2.45. The normalized spacial score (nSPS) is 11.5. The molecule has 0 spiro atoms. The van der Waals surface area contributed by atoms with Crippen LogP contribution >= 0.6 is 11.3 Å². The summed E-state index contributed by atoms with van der Waals surface area (Å²) in [5.41, 5.74) is 8.33. The Morgan fingerprint density at radius 2 is 0.935 bits per heavy atom. The van der Waals surface area contributed by atoms with E-state index in [9.17, 15) is 0 Å². The molecule has 9 aromatic rings. The second kappa shape index (κ2) is 11.0. The predicted molar refractivity (Wildman–Crippen MR) is 200 cm³/mol. The highest BCUT2D eigenvalue weighted by molar-refractivity contribution is 7.26. The summed E-state index contributed by atoms with van der Waals surface area (Å²) in [6.07, 6.45) is 0. The van der Waals surface area contributed by atoms with Crippen LogP contribution in [0.15, 0.2) is 176 Å². The van der Waals surface area contributed by atoms with Crippen LogP contribution in [0, 0.1) is 0 Å². The van der Waals surface area contributed by atoms with Crippen molar-refractivity contribution in [1.29, 1.82) is 0 Å². The molecule has 2 heteroatoms. The molecule has 0 radical (unpaired) electrons. The zero-order valence-electron chi connectivity index (χ0n) is 25.1. The summed E-state index contributed by atoms with van der Waals surface area (Å²) in [4.78, 5) is 2.45. The van der Waals surface area contributed by atoms with Crippen LogP contribution in [0.1, 0.15) is 0 Å². The third kappa shape index (κ3) is 4.38. The van der Waals surface area contributed by atoms with E-state index in [0.717, 1.165) is 17.1 Å². The second-order valence-corrected chi connectivity index (χ2v) is 12.8. The van der Waals surface area contributed by atoms with Gasteiger partial charge in [-0.15, -0.1) is 11.3 Å². The highest BCUT2D eigenvalue weighted by atomic mass is 32.1. The zero-order chi connectivity index (χ0) is 30.5. The zero-order valence-corrected chi connectivity index (χ0v) is 25.9. The minimum Gasteiger partial charge on any atom is -0.309 e. The Morgan fingerprint density at radius 1 is 0.370 bits per heavy atom. The van der Waals surface area contributed by atoms with E-state index < -0.39 is 0 Å². The van der Waals surface area contributed by atoms with Crippen molar-refractivity contribution >= 4 is 70.1 Å². The van der Waals surface area contributed by atoms with Gasteiger partial charge in [0.1, 0.15) is 0 Å². The molecule has 1 aromatic heterocycles. The van der Waals surface area contributed by atoms with Crippen LogP contribution in [0.3, 0.4) is 0 Å². The van der Waals surface area contributed by atoms with Crippen LogP contribution in [0.5, 0.6) is 0 Å². The molecule has 0 amide bonds. The van der Waals surface area contributed by atoms with Gasteiger partial charge in [-0.25, -0.2) is 0 Å². The molecule has 0 saturated carbocycles. The number of benzene rings is 8. The molecule has 0 aliphatic rings. The van der Waals surface area contributed by atoms with Crippen molar-refractivity contribution in [2.45, 2.75) is 0 Å². The molecule has 1 heterocycles. The van der Waals surface area contributed by atoms with E-state index in [-0.39, 0.29) is 0 Å². The number of fused-ring (bicyclic) bond motifs is 5. The lowest BCUT2D eigenvalue weighted by atomic mass is 9.95. The van der Waals surface area contributed by atoms with Crippen LogP contribution in [-0.4, -0.2) is 0 Å². The number of para-hydroxylation sites is 1. The van der Waals surface area contributed by atoms with E-state index in [2.05, 4.69) is 181 Å². The summed E-state index contributed by atoms with van der Waals surface area (Å²) in [7, 11) is 0. The standard InChI is InChI=1S/C44H29NS/c1-3-19-34-30(13-1)15-10-24-37(34)38-21-5-7-26-42(38)45(41-27-11-16-31-14-2-4-20-35(31)41)33-18-9-17-32(29-33)36-23-12-25-40-39-22-6-8-28-43(39)46-44(36)40/h1-29H. The maximum absolute atomic E-state index is 2.45. The lowest BCUT2D eigenvalue weighted by molar-refractivity contribution is 1.30. The first kappa shape index (κ1) is 26.7. The Bertz CT molecular complexity index is 2550. The monoisotopic (exact) mass is 603 g/mol. The highest BCUT2D eigenvalue weighted by Crippen LogP contribution is 2.46. The number of hydrogen-bond donors (Lipinski definition) is 0. The Kier molecular flexibility index (Phi) is 6.40. The average Bonchev–Trinajstić information content (AvgIpc) is 3.51. The Labute approximate surface area is 272 Å². The fraction of sp³-hybridized carbons (Fsp3) is 0. The largest absolute Gasteiger partial charge is 0.309 e. The number of thiophene rings is 1. The highest BCUT2D eigenvalue weighted by Gasteiger charge is 2.21. The van der Waals surface area contributed by atoms with Gasteiger partial charge in [-0.1, -0.05) is 146 Å². The van der Waals surface area contributed by atoms with Crippen LogP contribution < -0.4 is 4.90 Å². The Hall–Kier alpha value is -5.70. The summed E-state index contributed by atoms with van der Waals surface area (Å²) < 4.78 is 2.65. The average molecular weight is 604 g/mol. The molecule has 0 aliphatic heterocycles. The first-order valence-corrected chi connectivity index (χ1v) is 16.5. The molecule has 9 rings (SSSR count). The molecule has 0 atom stereocenters. The van der Waals surface area contributed by atoms with Gasteiger partial charge in [0, 0.05) is 36.8 Å². The van der Waals surface area contributed by atoms with Gasteiger partial charge in [0.05, 0.1) is 11.4 Å². The van der Waals surface area contributed by atoms with Crippen LogP contribution in [-0.2, 0) is 0 Å². The summed E-state index contributed by atoms with van der Waals surface area (Å²) in [6.45, 7) is 0. The van der Waals surface area contributed by atoms with Crippen LogP contribution in [0.25, 0.3) is 64.0 Å². The van der Waals surface area contributed by atoms with Gasteiger partial charge < -0.3 is 4.90 Å². The molecule has 1 nitrogen and oxygen atoms in total. The van der Waals surface area contributed by atoms with Crippen LogP contribution in [0.4, 0.5) is 17.1 Å². The van der Waals surface area contributed by atoms with Gasteiger partial charge in [0.15, 0.2) is 0 Å². The van der Waals surface area contributed by atoms with Crippen molar-refractivity contribution in [2.24, 2.45) is 0 Å². The third-order valence-electron chi connectivity index (χ3n) is 9.05. The summed E-state index contributed by atoms with van der Waals surface area (Å²) in [5, 5.41) is 7.57. The molecular formula is C44H29NS. The first-order valence-electron chi connectivity index (χ1n) is 15.7. The van der Waals surface area contributed by atoms with Gasteiger partial charge in [0.25, 0.3) is 0 Å². The lowest BCUT2D eigenvalue weighted by Crippen LogP contribution is -2.12. The molecule has 46 heavy (non-hydrogen) atoms. The van der Waals surface area contributed by atoms with Crippen molar-refractivity contribution < 1.29 is 0 Å². The van der Waals surface area contributed by atoms with Gasteiger partial charge >= 0.3 is 0 Å². The molecule has 0 aliphatic carbocycles. The molecule has 0 bridgehead atoms. The summed E-state index contributed by atoms with van der Waals surface area (Å²) in [6, 6.07) is 64.0. The number of rotatable bonds is 5. The van der Waals surface area contributed by atoms with Gasteiger partial charge in [0.2, 0.25) is 0 Å². The number of nitrogens with zero attached hydrogens (tertiary/aromatic N) is 1. The second-order valence-electron chi connectivity index (χ2n) is 11.7. The molecule has 216 valence electrons. The predicted octanol–water partition coefficient (Wildman–Crippen LogP) is 13.2. The van der Waals surface area contributed by atoms with E-state index in [1.807, 2.05) is 11.3 Å². The van der Waals surface area contributed by atoms with Crippen molar-refractivity contribution in [2.75, 3.05) is 4.90 Å². The fourth-order valence-corrected chi connectivity index (χ4v) is 8.19. The van der Waals surface area contributed by atoms with Gasteiger partial charge in [-0.3, -0.25) is 0 Å². The van der Waals surface area contributed by atoms with Crippen molar-refractivity contribution in [3.05, 3.63) is 176 Å². The van der Waals surface area contributed by atoms with E-state index in [0.29, 0.717) is 0 Å². The molecule has 0 N–H and O–H groups in total. The van der Waals surface area contributed by atoms with E-state index >= 15 is 0 Å². The third-order valence-corrected chi connectivity index (χ3v) is 10.3. The van der Waals surface area contributed by atoms with E-state index in [1.54, 1.807) is 0 Å². The van der Waals surface area contributed by atoms with Crippen LogP contribution in [0.2, 0.25) is 0 Å². The topological polar surface area (TPSA) is 3.24 Å². The Morgan fingerprint density at radius 3 is 1.83 bits per heavy atom. The van der Waals surface area contributed by atoms with E-state index in [1.165, 1.54) is 64.0 Å².